The monoisotopic (exact) mass is 601 g/mol. The van der Waals surface area contributed by atoms with Gasteiger partial charge in [-0.25, -0.2) is 0 Å². The summed E-state index contributed by atoms with van der Waals surface area (Å²) in [4.78, 5) is 47.4. The van der Waals surface area contributed by atoms with Gasteiger partial charge in [0, 0.05) is 30.1 Å². The third kappa shape index (κ3) is 5.09. The number of unbranched alkanes of at least 4 members (excludes halogenated alkanes) is 2. The number of aliphatic hydroxyl groups is 1. The molecule has 212 valence electrons. The van der Waals surface area contributed by atoms with Gasteiger partial charge in [0.05, 0.1) is 30.6 Å². The Hall–Kier alpha value is -2.49. The molecule has 3 heterocycles. The normalized spacial score (nSPS) is 29.7. The Morgan fingerprint density at radius 1 is 1.21 bits per heavy atom. The van der Waals surface area contributed by atoms with Gasteiger partial charge >= 0.3 is 0 Å². The van der Waals surface area contributed by atoms with E-state index in [0.29, 0.717) is 25.2 Å². The maximum atomic E-state index is 14.3. The summed E-state index contributed by atoms with van der Waals surface area (Å²) < 4.78 is 6.64. The minimum Gasteiger partial charge on any atom is -0.394 e. The largest absolute Gasteiger partial charge is 0.394 e. The van der Waals surface area contributed by atoms with E-state index < -0.39 is 35.6 Å². The Bertz CT molecular complexity index is 1080. The van der Waals surface area contributed by atoms with Gasteiger partial charge in [0.15, 0.2) is 0 Å². The molecule has 1 aromatic carbocycles. The van der Waals surface area contributed by atoms with Gasteiger partial charge in [-0.15, -0.1) is 13.2 Å². The van der Waals surface area contributed by atoms with Crippen LogP contribution in [0.15, 0.2) is 55.6 Å². The van der Waals surface area contributed by atoms with Crippen LogP contribution in [0.25, 0.3) is 0 Å². The van der Waals surface area contributed by atoms with Crippen LogP contribution in [0.2, 0.25) is 0 Å². The van der Waals surface area contributed by atoms with E-state index in [2.05, 4.69) is 36.0 Å². The molecule has 3 unspecified atom stereocenters. The zero-order chi connectivity index (χ0) is 28.3. The maximum absolute atomic E-state index is 14.3. The number of aliphatic hydroxyl groups excluding tert-OH is 1. The number of carbonyl (C=O) groups excluding carboxylic acids is 3. The summed E-state index contributed by atoms with van der Waals surface area (Å²) in [6.45, 7) is 12.4. The van der Waals surface area contributed by atoms with Gasteiger partial charge < -0.3 is 24.5 Å². The van der Waals surface area contributed by atoms with E-state index in [-0.39, 0.29) is 35.7 Å². The molecule has 1 spiro atoms. The first-order valence-corrected chi connectivity index (χ1v) is 14.8. The van der Waals surface area contributed by atoms with E-state index >= 15 is 0 Å². The molecule has 1 N–H and O–H groups in total. The minimum atomic E-state index is -1.17. The number of amides is 3. The Balaban J connectivity index is 1.76. The van der Waals surface area contributed by atoms with Crippen LogP contribution < -0.4 is 4.90 Å². The number of fused-ring (bicyclic) bond motifs is 1. The molecule has 3 aliphatic rings. The van der Waals surface area contributed by atoms with E-state index in [1.807, 2.05) is 30.3 Å². The summed E-state index contributed by atoms with van der Waals surface area (Å²) in [7, 11) is 0. The van der Waals surface area contributed by atoms with Gasteiger partial charge in [-0.1, -0.05) is 66.0 Å². The fraction of sp³-hybridized carbons (Fsp3) is 0.567. The molecule has 3 fully saturated rings. The zero-order valence-corrected chi connectivity index (χ0v) is 24.5. The molecule has 39 heavy (non-hydrogen) atoms. The van der Waals surface area contributed by atoms with Crippen LogP contribution in [0.1, 0.15) is 39.5 Å². The summed E-state index contributed by atoms with van der Waals surface area (Å²) in [5, 5.41) is 10.1. The summed E-state index contributed by atoms with van der Waals surface area (Å²) in [5.41, 5.74) is -0.464. The molecule has 1 aromatic rings. The lowest BCUT2D eigenvalue weighted by Gasteiger charge is -2.38. The van der Waals surface area contributed by atoms with Gasteiger partial charge in [0.2, 0.25) is 17.7 Å². The minimum absolute atomic E-state index is 0.204. The van der Waals surface area contributed by atoms with Crippen LogP contribution in [-0.4, -0.2) is 87.5 Å². The number of alkyl halides is 1. The lowest BCUT2D eigenvalue weighted by Crippen LogP contribution is -2.58. The standard InChI is InChI=1S/C30H40BrN3O5/c1-5-8-12-17-32(15-6-2)29(38)26-30-18-22(31)25(39-30)23(24(30)28(37)34(26)20(4)19-35)27(36)33(16-7-3)21-13-10-9-11-14-21/h6-7,9-11,13-14,20,22-26,35H,2-3,5,8,12,15-19H2,1,4H3/t20-,22?,23-,24+,25-,26?,30?/m1/s1. The lowest BCUT2D eigenvalue weighted by molar-refractivity contribution is -0.150. The van der Waals surface area contributed by atoms with Crippen LogP contribution >= 0.6 is 15.9 Å². The van der Waals surface area contributed by atoms with Crippen molar-refractivity contribution in [1.82, 2.24) is 9.80 Å². The molecule has 3 amide bonds. The maximum Gasteiger partial charge on any atom is 0.248 e. The molecule has 0 aliphatic carbocycles. The van der Waals surface area contributed by atoms with Gasteiger partial charge in [-0.05, 0) is 31.9 Å². The summed E-state index contributed by atoms with van der Waals surface area (Å²) in [6.07, 6.45) is 6.04. The molecule has 0 aromatic heterocycles. The second-order valence-corrected chi connectivity index (χ2v) is 12.0. The van der Waals surface area contributed by atoms with Crippen LogP contribution in [-0.2, 0) is 19.1 Å². The third-order valence-electron chi connectivity index (χ3n) is 8.32. The van der Waals surface area contributed by atoms with E-state index in [9.17, 15) is 19.5 Å². The summed E-state index contributed by atoms with van der Waals surface area (Å²) in [5.74, 6) is -2.37. The molecular weight excluding hydrogens is 562 g/mol. The molecule has 9 heteroatoms. The second-order valence-electron chi connectivity index (χ2n) is 10.8. The SMILES string of the molecule is C=CCN(CCCCC)C(=O)C1N([C@H](C)CO)C(=O)[C@@H]2[C@@H](C(=O)N(CC=C)c3ccccc3)[C@@H]3OC12CC3Br. The second kappa shape index (κ2) is 12.4. The van der Waals surface area contributed by atoms with E-state index in [4.69, 9.17) is 4.74 Å². The van der Waals surface area contributed by atoms with Gasteiger partial charge in [-0.2, -0.15) is 0 Å². The van der Waals surface area contributed by atoms with E-state index in [1.165, 1.54) is 4.90 Å². The first-order chi connectivity index (χ1) is 18.8. The molecule has 4 rings (SSSR count). The number of hydrogen-bond donors (Lipinski definition) is 1. The number of rotatable bonds is 13. The Morgan fingerprint density at radius 2 is 1.90 bits per heavy atom. The van der Waals surface area contributed by atoms with Crippen molar-refractivity contribution in [3.05, 3.63) is 55.6 Å². The van der Waals surface area contributed by atoms with Crippen molar-refractivity contribution in [2.45, 2.75) is 68.1 Å². The summed E-state index contributed by atoms with van der Waals surface area (Å²) in [6, 6.07) is 7.75. The Kier molecular flexibility index (Phi) is 9.34. The van der Waals surface area contributed by atoms with Crippen LogP contribution in [0.4, 0.5) is 5.69 Å². The van der Waals surface area contributed by atoms with Crippen LogP contribution in [0, 0.1) is 11.8 Å². The number of benzene rings is 1. The smallest absolute Gasteiger partial charge is 0.248 e. The molecule has 8 nitrogen and oxygen atoms in total. The van der Waals surface area contributed by atoms with Gasteiger partial charge in [-0.3, -0.25) is 14.4 Å². The van der Waals surface area contributed by atoms with Gasteiger partial charge in [0.1, 0.15) is 11.6 Å². The van der Waals surface area contributed by atoms with E-state index in [1.54, 1.807) is 28.9 Å². The Morgan fingerprint density at radius 3 is 2.51 bits per heavy atom. The van der Waals surface area contributed by atoms with Crippen molar-refractivity contribution >= 4 is 39.3 Å². The number of ether oxygens (including phenoxy) is 1. The highest BCUT2D eigenvalue weighted by Gasteiger charge is 2.77. The van der Waals surface area contributed by atoms with Crippen molar-refractivity contribution in [2.75, 3.05) is 31.1 Å². The first-order valence-electron chi connectivity index (χ1n) is 13.9. The molecule has 7 atom stereocenters. The highest BCUT2D eigenvalue weighted by Crippen LogP contribution is 2.60. The molecule has 0 saturated carbocycles. The molecule has 2 bridgehead atoms. The van der Waals surface area contributed by atoms with Crippen LogP contribution in [0.3, 0.4) is 0 Å². The molecule has 3 saturated heterocycles. The number of halogens is 1. The molecular formula is C30H40BrN3O5. The van der Waals surface area contributed by atoms with Crippen molar-refractivity contribution in [3.8, 4) is 0 Å². The number of para-hydroxylation sites is 1. The fourth-order valence-corrected chi connectivity index (χ4v) is 7.55. The Labute approximate surface area is 239 Å². The quantitative estimate of drug-likeness (QED) is 0.212. The summed E-state index contributed by atoms with van der Waals surface area (Å²) >= 11 is 3.73. The highest BCUT2D eigenvalue weighted by molar-refractivity contribution is 9.09. The highest BCUT2D eigenvalue weighted by atomic mass is 79.9. The van der Waals surface area contributed by atoms with Crippen molar-refractivity contribution < 1.29 is 24.2 Å². The average Bonchev–Trinajstić information content (AvgIpc) is 3.54. The molecule has 0 radical (unpaired) electrons. The topological polar surface area (TPSA) is 90.4 Å². The lowest BCUT2D eigenvalue weighted by atomic mass is 9.70. The average molecular weight is 603 g/mol. The predicted octanol–water partition coefficient (Wildman–Crippen LogP) is 3.54. The van der Waals surface area contributed by atoms with E-state index in [0.717, 1.165) is 19.3 Å². The predicted molar refractivity (Wildman–Crippen MR) is 154 cm³/mol. The number of likely N-dealkylation sites (tertiary alicyclic amines) is 1. The van der Waals surface area contributed by atoms with Crippen molar-refractivity contribution in [2.24, 2.45) is 11.8 Å². The van der Waals surface area contributed by atoms with Crippen LogP contribution in [0.5, 0.6) is 0 Å². The number of nitrogens with zero attached hydrogens (tertiary/aromatic N) is 3. The zero-order valence-electron chi connectivity index (χ0n) is 22.9. The first kappa shape index (κ1) is 29.5. The molecule has 3 aliphatic heterocycles. The number of anilines is 1. The number of carbonyl (C=O) groups is 3. The number of hydrogen-bond acceptors (Lipinski definition) is 5. The van der Waals surface area contributed by atoms with Crippen molar-refractivity contribution in [1.29, 1.82) is 0 Å². The third-order valence-corrected chi connectivity index (χ3v) is 9.17. The van der Waals surface area contributed by atoms with Gasteiger partial charge in [0.25, 0.3) is 0 Å². The fourth-order valence-electron chi connectivity index (χ4n) is 6.60. The van der Waals surface area contributed by atoms with Crippen molar-refractivity contribution in [3.63, 3.8) is 0 Å².